The largest absolute Gasteiger partial charge is 0.393 e. The molecule has 1 aliphatic rings. The van der Waals surface area contributed by atoms with Gasteiger partial charge in [0.05, 0.1) is 6.10 Å². The van der Waals surface area contributed by atoms with Gasteiger partial charge in [0, 0.05) is 0 Å². The van der Waals surface area contributed by atoms with Crippen molar-refractivity contribution < 1.29 is 5.11 Å². The highest BCUT2D eigenvalue weighted by Crippen LogP contribution is 2.31. The molecule has 0 aliphatic heterocycles. The quantitative estimate of drug-likeness (QED) is 0.565. The average Bonchev–Trinajstić information content (AvgIpc) is 2.14. The molecule has 0 aromatic carbocycles. The predicted molar refractivity (Wildman–Crippen MR) is 66.0 cm³/mol. The van der Waals surface area contributed by atoms with Crippen LogP contribution in [0, 0.1) is 5.92 Å². The average molecular weight is 212 g/mol. The van der Waals surface area contributed by atoms with Crippen molar-refractivity contribution in [3.05, 3.63) is 0 Å². The van der Waals surface area contributed by atoms with Crippen molar-refractivity contribution in [1.29, 1.82) is 0 Å². The van der Waals surface area contributed by atoms with E-state index in [1.165, 1.54) is 64.2 Å². The number of unbranched alkanes of at least 4 members (excludes halogenated alkanes) is 6. The van der Waals surface area contributed by atoms with Gasteiger partial charge < -0.3 is 5.11 Å². The zero-order chi connectivity index (χ0) is 10.9. The van der Waals surface area contributed by atoms with E-state index in [0.717, 1.165) is 6.42 Å². The van der Waals surface area contributed by atoms with Gasteiger partial charge >= 0.3 is 0 Å². The molecule has 0 aromatic rings. The van der Waals surface area contributed by atoms with Crippen molar-refractivity contribution in [3.63, 3.8) is 0 Å². The summed E-state index contributed by atoms with van der Waals surface area (Å²) in [6.45, 7) is 2.26. The van der Waals surface area contributed by atoms with Crippen LogP contribution in [0.3, 0.4) is 0 Å². The van der Waals surface area contributed by atoms with Crippen LogP contribution in [0.1, 0.15) is 77.6 Å². The maximum Gasteiger partial charge on any atom is 0.0568 e. The molecule has 0 amide bonds. The summed E-state index contributed by atoms with van der Waals surface area (Å²) < 4.78 is 0. The first-order valence-corrected chi connectivity index (χ1v) is 7.02. The van der Waals surface area contributed by atoms with Crippen LogP contribution in [0.15, 0.2) is 0 Å². The first kappa shape index (κ1) is 13.0. The highest BCUT2D eigenvalue weighted by molar-refractivity contribution is 4.76. The van der Waals surface area contributed by atoms with Crippen molar-refractivity contribution in [1.82, 2.24) is 0 Å². The molecule has 1 heteroatoms. The lowest BCUT2D eigenvalue weighted by Gasteiger charge is -2.30. The Bertz CT molecular complexity index is 140. The zero-order valence-corrected chi connectivity index (χ0v) is 10.4. The second-order valence-electron chi connectivity index (χ2n) is 5.17. The summed E-state index contributed by atoms with van der Waals surface area (Å²) >= 11 is 0. The Kier molecular flexibility index (Phi) is 7.08. The summed E-state index contributed by atoms with van der Waals surface area (Å²) in [7, 11) is 0. The number of rotatable bonds is 9. The minimum atomic E-state index is 0.0226. The van der Waals surface area contributed by atoms with Gasteiger partial charge in [0.1, 0.15) is 0 Å². The van der Waals surface area contributed by atoms with Gasteiger partial charge in [-0.25, -0.2) is 0 Å². The number of aliphatic hydroxyl groups excluding tert-OH is 1. The summed E-state index contributed by atoms with van der Waals surface area (Å²) in [6, 6.07) is 0. The van der Waals surface area contributed by atoms with Gasteiger partial charge in [0.25, 0.3) is 0 Å². The predicted octanol–water partition coefficient (Wildman–Crippen LogP) is 4.29. The van der Waals surface area contributed by atoms with Crippen molar-refractivity contribution >= 4 is 0 Å². The van der Waals surface area contributed by atoms with Crippen molar-refractivity contribution in [2.45, 2.75) is 83.7 Å². The van der Waals surface area contributed by atoms with Gasteiger partial charge in [-0.3, -0.25) is 0 Å². The molecule has 0 saturated heterocycles. The van der Waals surface area contributed by atoms with Crippen LogP contribution >= 0.6 is 0 Å². The van der Waals surface area contributed by atoms with E-state index < -0.39 is 0 Å². The van der Waals surface area contributed by atoms with E-state index in [1.807, 2.05) is 0 Å². The molecular formula is C14H28O. The molecule has 1 atom stereocenters. The molecular weight excluding hydrogens is 184 g/mol. The van der Waals surface area contributed by atoms with E-state index in [4.69, 9.17) is 0 Å². The van der Waals surface area contributed by atoms with Crippen LogP contribution in [0.4, 0.5) is 0 Å². The second kappa shape index (κ2) is 8.15. The molecule has 0 bridgehead atoms. The summed E-state index contributed by atoms with van der Waals surface area (Å²) in [6.07, 6.45) is 14.4. The summed E-state index contributed by atoms with van der Waals surface area (Å²) in [4.78, 5) is 0. The third kappa shape index (κ3) is 5.55. The standard InChI is InChI=1S/C14H28O/c1-2-3-4-5-6-7-8-12-14(15)13-10-9-11-13/h13-15H,2-12H2,1H3. The van der Waals surface area contributed by atoms with Crippen molar-refractivity contribution in [2.75, 3.05) is 0 Å². The van der Waals surface area contributed by atoms with Gasteiger partial charge in [-0.1, -0.05) is 58.3 Å². The second-order valence-corrected chi connectivity index (χ2v) is 5.17. The van der Waals surface area contributed by atoms with E-state index in [1.54, 1.807) is 0 Å². The maximum absolute atomic E-state index is 9.81. The molecule has 0 spiro atoms. The molecule has 1 unspecified atom stereocenters. The lowest BCUT2D eigenvalue weighted by Crippen LogP contribution is -2.26. The Morgan fingerprint density at radius 3 is 2.13 bits per heavy atom. The summed E-state index contributed by atoms with van der Waals surface area (Å²) in [5.41, 5.74) is 0. The molecule has 90 valence electrons. The van der Waals surface area contributed by atoms with Gasteiger partial charge in [0.15, 0.2) is 0 Å². The lowest BCUT2D eigenvalue weighted by atomic mass is 9.79. The van der Waals surface area contributed by atoms with Crippen LogP contribution in [0.2, 0.25) is 0 Å². The lowest BCUT2D eigenvalue weighted by molar-refractivity contribution is 0.0536. The fourth-order valence-electron chi connectivity index (χ4n) is 2.37. The molecule has 1 fully saturated rings. The fourth-order valence-corrected chi connectivity index (χ4v) is 2.37. The Balaban J connectivity index is 1.79. The van der Waals surface area contributed by atoms with E-state index in [-0.39, 0.29) is 6.10 Å². The van der Waals surface area contributed by atoms with Crippen LogP contribution in [-0.2, 0) is 0 Å². The monoisotopic (exact) mass is 212 g/mol. The molecule has 15 heavy (non-hydrogen) atoms. The molecule has 1 N–H and O–H groups in total. The van der Waals surface area contributed by atoms with E-state index in [9.17, 15) is 5.11 Å². The van der Waals surface area contributed by atoms with Gasteiger partial charge in [-0.05, 0) is 25.2 Å². The van der Waals surface area contributed by atoms with Gasteiger partial charge in [0.2, 0.25) is 0 Å². The summed E-state index contributed by atoms with van der Waals surface area (Å²) in [5.74, 6) is 0.657. The first-order chi connectivity index (χ1) is 7.34. The Labute approximate surface area is 95.3 Å². The molecule has 1 nitrogen and oxygen atoms in total. The normalized spacial score (nSPS) is 18.8. The molecule has 0 aromatic heterocycles. The van der Waals surface area contributed by atoms with Crippen LogP contribution < -0.4 is 0 Å². The highest BCUT2D eigenvalue weighted by Gasteiger charge is 2.24. The Morgan fingerprint density at radius 1 is 1.00 bits per heavy atom. The molecule has 1 aliphatic carbocycles. The van der Waals surface area contributed by atoms with Crippen molar-refractivity contribution in [3.8, 4) is 0 Å². The minimum absolute atomic E-state index is 0.0226. The summed E-state index contributed by atoms with van der Waals surface area (Å²) in [5, 5.41) is 9.81. The maximum atomic E-state index is 9.81. The van der Waals surface area contributed by atoms with Crippen LogP contribution in [0.5, 0.6) is 0 Å². The topological polar surface area (TPSA) is 20.2 Å². The molecule has 1 rings (SSSR count). The highest BCUT2D eigenvalue weighted by atomic mass is 16.3. The third-order valence-corrected chi connectivity index (χ3v) is 3.80. The molecule has 0 radical (unpaired) electrons. The minimum Gasteiger partial charge on any atom is -0.393 e. The molecule has 1 saturated carbocycles. The Hall–Kier alpha value is -0.0400. The molecule has 0 heterocycles. The van der Waals surface area contributed by atoms with Gasteiger partial charge in [-0.15, -0.1) is 0 Å². The van der Waals surface area contributed by atoms with Crippen LogP contribution in [0.25, 0.3) is 0 Å². The number of hydrogen-bond acceptors (Lipinski definition) is 1. The zero-order valence-electron chi connectivity index (χ0n) is 10.4. The van der Waals surface area contributed by atoms with E-state index >= 15 is 0 Å². The Morgan fingerprint density at radius 2 is 1.60 bits per heavy atom. The fraction of sp³-hybridized carbons (Fsp3) is 1.00. The third-order valence-electron chi connectivity index (χ3n) is 3.80. The van der Waals surface area contributed by atoms with E-state index in [0.29, 0.717) is 5.92 Å². The van der Waals surface area contributed by atoms with E-state index in [2.05, 4.69) is 6.92 Å². The van der Waals surface area contributed by atoms with Crippen LogP contribution in [-0.4, -0.2) is 11.2 Å². The SMILES string of the molecule is CCCCCCCCCC(O)C1CCC1. The number of aliphatic hydroxyl groups is 1. The smallest absolute Gasteiger partial charge is 0.0568 e. The number of hydrogen-bond donors (Lipinski definition) is 1. The van der Waals surface area contributed by atoms with Gasteiger partial charge in [-0.2, -0.15) is 0 Å². The van der Waals surface area contributed by atoms with Crippen molar-refractivity contribution in [2.24, 2.45) is 5.92 Å². The first-order valence-electron chi connectivity index (χ1n) is 7.02.